The highest BCUT2D eigenvalue weighted by atomic mass is 16.5. The molecular formula is C24H18O6. The predicted octanol–water partition coefficient (Wildman–Crippen LogP) is 2.20. The number of esters is 2. The normalized spacial score (nSPS) is 8.73. The minimum atomic E-state index is -0.625. The van der Waals surface area contributed by atoms with Gasteiger partial charge in [0, 0.05) is 11.8 Å². The number of carbonyl (C=O) groups is 2. The van der Waals surface area contributed by atoms with Gasteiger partial charge in [-0.25, -0.2) is 9.59 Å². The number of hydrogen-bond acceptors (Lipinski definition) is 6. The summed E-state index contributed by atoms with van der Waals surface area (Å²) in [6.45, 7) is 0.0404. The SMILES string of the molecule is COC(=O)C#CCOc1ccccc1C#Cc1ccccc1OCC#CC(=O)OC. The predicted molar refractivity (Wildman–Crippen MR) is 109 cm³/mol. The number of rotatable bonds is 4. The van der Waals surface area contributed by atoms with Crippen LogP contribution >= 0.6 is 0 Å². The summed E-state index contributed by atoms with van der Waals surface area (Å²) in [6, 6.07) is 14.4. The Kier molecular flexibility index (Phi) is 8.92. The Hall–Kier alpha value is -4.34. The molecule has 0 radical (unpaired) electrons. The van der Waals surface area contributed by atoms with Gasteiger partial charge in [0.15, 0.2) is 0 Å². The molecular weight excluding hydrogens is 384 g/mol. The molecule has 0 aromatic heterocycles. The summed E-state index contributed by atoms with van der Waals surface area (Å²) in [5.41, 5.74) is 1.30. The lowest BCUT2D eigenvalue weighted by Gasteiger charge is -2.05. The molecule has 0 fully saturated rings. The molecule has 0 N–H and O–H groups in total. The highest BCUT2D eigenvalue weighted by Crippen LogP contribution is 2.19. The summed E-state index contributed by atoms with van der Waals surface area (Å²) >= 11 is 0. The van der Waals surface area contributed by atoms with E-state index in [0.29, 0.717) is 22.6 Å². The van der Waals surface area contributed by atoms with Gasteiger partial charge >= 0.3 is 11.9 Å². The number of carbonyl (C=O) groups excluding carboxylic acids is 2. The molecule has 6 heteroatoms. The van der Waals surface area contributed by atoms with Crippen LogP contribution in [0.4, 0.5) is 0 Å². The van der Waals surface area contributed by atoms with E-state index in [1.165, 1.54) is 14.2 Å². The van der Waals surface area contributed by atoms with Crippen molar-refractivity contribution < 1.29 is 28.5 Å². The fourth-order valence-corrected chi connectivity index (χ4v) is 2.07. The minimum Gasteiger partial charge on any atom is -0.480 e. The Morgan fingerprint density at radius 2 is 1.10 bits per heavy atom. The Labute approximate surface area is 175 Å². The summed E-state index contributed by atoms with van der Waals surface area (Å²) in [5.74, 6) is 15.6. The highest BCUT2D eigenvalue weighted by Gasteiger charge is 2.02. The molecule has 150 valence electrons. The van der Waals surface area contributed by atoms with Crippen molar-refractivity contribution in [2.75, 3.05) is 27.4 Å². The lowest BCUT2D eigenvalue weighted by molar-refractivity contribution is -0.134. The molecule has 0 aliphatic rings. The molecule has 2 aromatic carbocycles. The van der Waals surface area contributed by atoms with Crippen molar-refractivity contribution in [1.29, 1.82) is 0 Å². The van der Waals surface area contributed by atoms with Crippen molar-refractivity contribution >= 4 is 11.9 Å². The Morgan fingerprint density at radius 3 is 1.50 bits per heavy atom. The van der Waals surface area contributed by atoms with E-state index in [-0.39, 0.29) is 13.2 Å². The van der Waals surface area contributed by atoms with Gasteiger partial charge in [0.25, 0.3) is 0 Å². The van der Waals surface area contributed by atoms with Gasteiger partial charge in [-0.1, -0.05) is 36.1 Å². The summed E-state index contributed by atoms with van der Waals surface area (Å²) in [5, 5.41) is 0. The quantitative estimate of drug-likeness (QED) is 0.444. The average Bonchev–Trinajstić information content (AvgIpc) is 2.79. The smallest absolute Gasteiger partial charge is 0.384 e. The van der Waals surface area contributed by atoms with Crippen molar-refractivity contribution in [1.82, 2.24) is 0 Å². The first-order chi connectivity index (χ1) is 14.6. The van der Waals surface area contributed by atoms with Crippen molar-refractivity contribution in [2.45, 2.75) is 0 Å². The van der Waals surface area contributed by atoms with Crippen molar-refractivity contribution in [3.8, 4) is 47.0 Å². The number of benzene rings is 2. The van der Waals surface area contributed by atoms with Gasteiger partial charge in [-0.2, -0.15) is 0 Å². The Morgan fingerprint density at radius 1 is 0.700 bits per heavy atom. The first kappa shape index (κ1) is 22.0. The number of methoxy groups -OCH3 is 2. The number of para-hydroxylation sites is 2. The van der Waals surface area contributed by atoms with Gasteiger partial charge in [-0.3, -0.25) is 0 Å². The molecule has 0 bridgehead atoms. The highest BCUT2D eigenvalue weighted by molar-refractivity contribution is 5.88. The molecule has 0 unspecified atom stereocenters. The van der Waals surface area contributed by atoms with Gasteiger partial charge in [-0.05, 0) is 36.1 Å². The van der Waals surface area contributed by atoms with E-state index in [1.807, 2.05) is 24.3 Å². The van der Waals surface area contributed by atoms with E-state index in [9.17, 15) is 9.59 Å². The van der Waals surface area contributed by atoms with Gasteiger partial charge in [0.1, 0.15) is 24.7 Å². The molecule has 2 aromatic rings. The molecule has 0 saturated heterocycles. The van der Waals surface area contributed by atoms with Crippen LogP contribution in [0.5, 0.6) is 11.5 Å². The molecule has 0 aliphatic carbocycles. The van der Waals surface area contributed by atoms with Crippen LogP contribution in [0.15, 0.2) is 48.5 Å². The second kappa shape index (κ2) is 12.2. The fraction of sp³-hybridized carbons (Fsp3) is 0.167. The average molecular weight is 402 g/mol. The lowest BCUT2D eigenvalue weighted by Crippen LogP contribution is -2.00. The molecule has 2 rings (SSSR count). The maximum absolute atomic E-state index is 11.0. The molecule has 30 heavy (non-hydrogen) atoms. The summed E-state index contributed by atoms with van der Waals surface area (Å²) in [4.78, 5) is 22.0. The zero-order chi connectivity index (χ0) is 21.6. The molecule has 0 saturated carbocycles. The molecule has 0 atom stereocenters. The number of hydrogen-bond donors (Lipinski definition) is 0. The third-order valence-electron chi connectivity index (χ3n) is 3.46. The van der Waals surface area contributed by atoms with E-state index in [1.54, 1.807) is 24.3 Å². The first-order valence-electron chi connectivity index (χ1n) is 8.73. The van der Waals surface area contributed by atoms with E-state index >= 15 is 0 Å². The third-order valence-corrected chi connectivity index (χ3v) is 3.46. The van der Waals surface area contributed by atoms with Crippen molar-refractivity contribution in [2.24, 2.45) is 0 Å². The van der Waals surface area contributed by atoms with E-state index in [4.69, 9.17) is 9.47 Å². The van der Waals surface area contributed by atoms with Crippen molar-refractivity contribution in [3.05, 3.63) is 59.7 Å². The monoisotopic (exact) mass is 402 g/mol. The first-order valence-corrected chi connectivity index (χ1v) is 8.73. The van der Waals surface area contributed by atoms with Crippen molar-refractivity contribution in [3.63, 3.8) is 0 Å². The van der Waals surface area contributed by atoms with Crippen LogP contribution in [0, 0.1) is 35.5 Å². The molecule has 6 nitrogen and oxygen atoms in total. The zero-order valence-corrected chi connectivity index (χ0v) is 16.5. The zero-order valence-electron chi connectivity index (χ0n) is 16.5. The molecule has 0 aliphatic heterocycles. The maximum Gasteiger partial charge on any atom is 0.384 e. The topological polar surface area (TPSA) is 71.1 Å². The van der Waals surface area contributed by atoms with Gasteiger partial charge in [0.2, 0.25) is 0 Å². The largest absolute Gasteiger partial charge is 0.480 e. The van der Waals surface area contributed by atoms with E-state index in [0.717, 1.165) is 0 Å². The van der Waals surface area contributed by atoms with Crippen LogP contribution in [0.1, 0.15) is 11.1 Å². The Bertz CT molecular complexity index is 998. The Balaban J connectivity index is 2.12. The van der Waals surface area contributed by atoms with Crippen LogP contribution in [0.25, 0.3) is 0 Å². The van der Waals surface area contributed by atoms with Crippen LogP contribution in [0.3, 0.4) is 0 Å². The van der Waals surface area contributed by atoms with Gasteiger partial charge in [0.05, 0.1) is 25.3 Å². The standard InChI is InChI=1S/C24H18O6/c1-27-23(25)13-7-17-29-21-11-5-3-9-19(21)15-16-20-10-4-6-12-22(20)30-18-8-14-24(26)28-2/h3-6,9-12H,17-18H2,1-2H3. The van der Waals surface area contributed by atoms with Gasteiger partial charge in [-0.15, -0.1) is 0 Å². The second-order valence-electron chi connectivity index (χ2n) is 5.41. The minimum absolute atomic E-state index is 0.0202. The summed E-state index contributed by atoms with van der Waals surface area (Å²) in [7, 11) is 2.52. The molecule has 0 spiro atoms. The lowest BCUT2D eigenvalue weighted by atomic mass is 10.1. The fourth-order valence-electron chi connectivity index (χ4n) is 2.07. The van der Waals surface area contributed by atoms with Crippen LogP contribution in [-0.2, 0) is 19.1 Å². The van der Waals surface area contributed by atoms with Crippen LogP contribution in [-0.4, -0.2) is 39.4 Å². The second-order valence-corrected chi connectivity index (χ2v) is 5.41. The number of ether oxygens (including phenoxy) is 4. The van der Waals surface area contributed by atoms with E-state index in [2.05, 4.69) is 45.0 Å². The van der Waals surface area contributed by atoms with Crippen LogP contribution < -0.4 is 9.47 Å². The van der Waals surface area contributed by atoms with E-state index < -0.39 is 11.9 Å². The molecule has 0 amide bonds. The van der Waals surface area contributed by atoms with Gasteiger partial charge < -0.3 is 18.9 Å². The third kappa shape index (κ3) is 7.35. The molecule has 0 heterocycles. The van der Waals surface area contributed by atoms with Crippen LogP contribution in [0.2, 0.25) is 0 Å². The summed E-state index contributed by atoms with van der Waals surface area (Å²) < 4.78 is 20.1. The maximum atomic E-state index is 11.0. The summed E-state index contributed by atoms with van der Waals surface area (Å²) in [6.07, 6.45) is 0.